The summed E-state index contributed by atoms with van der Waals surface area (Å²) in [5, 5.41) is 0.323. The molecular weight excluding hydrogens is 442 g/mol. The van der Waals surface area contributed by atoms with Crippen molar-refractivity contribution in [2.24, 2.45) is 0 Å². The number of esters is 1. The fourth-order valence-corrected chi connectivity index (χ4v) is 4.54. The van der Waals surface area contributed by atoms with Crippen LogP contribution in [0.5, 0.6) is 17.2 Å². The molecule has 0 radical (unpaired) electrons. The first kappa shape index (κ1) is 22.6. The maximum atomic E-state index is 13.0. The molecule has 1 unspecified atom stereocenters. The molecule has 0 amide bonds. The molecule has 33 heavy (non-hydrogen) atoms. The molecule has 4 aromatic rings. The Balaban J connectivity index is 1.51. The van der Waals surface area contributed by atoms with Crippen molar-refractivity contribution in [1.29, 1.82) is 0 Å². The van der Waals surface area contributed by atoms with Crippen LogP contribution in [0.3, 0.4) is 0 Å². The molecule has 0 aliphatic carbocycles. The Morgan fingerprint density at radius 3 is 2.48 bits per heavy atom. The Hall–Kier alpha value is -3.56. The molecule has 2 heterocycles. The Labute approximate surface area is 194 Å². The van der Waals surface area contributed by atoms with Gasteiger partial charge in [-0.05, 0) is 50.2 Å². The van der Waals surface area contributed by atoms with Gasteiger partial charge >= 0.3 is 11.1 Å². The average Bonchev–Trinajstić information content (AvgIpc) is 3.25. The Kier molecular flexibility index (Phi) is 6.52. The molecule has 4 rings (SSSR count). The molecule has 0 saturated carbocycles. The summed E-state index contributed by atoms with van der Waals surface area (Å²) >= 11 is -1.45. The molecule has 0 spiro atoms. The van der Waals surface area contributed by atoms with Crippen LogP contribution in [0.2, 0.25) is 0 Å². The second-order valence-corrected chi connectivity index (χ2v) is 8.74. The summed E-state index contributed by atoms with van der Waals surface area (Å²) in [6.07, 6.45) is 1.71. The van der Waals surface area contributed by atoms with Crippen molar-refractivity contribution in [2.75, 3.05) is 14.2 Å². The summed E-state index contributed by atoms with van der Waals surface area (Å²) in [5.74, 6) is 1.44. The van der Waals surface area contributed by atoms with Crippen LogP contribution in [0, 0.1) is 13.8 Å². The number of nitrogens with one attached hydrogen (secondary N) is 1. The largest absolute Gasteiger partial charge is 0.609 e. The second-order valence-electron chi connectivity index (χ2n) is 7.37. The molecular formula is C24H23N3O5S. The van der Waals surface area contributed by atoms with E-state index in [2.05, 4.69) is 15.0 Å². The number of aromatic nitrogens is 3. The molecule has 0 saturated heterocycles. The number of imidazole rings is 1. The van der Waals surface area contributed by atoms with Crippen molar-refractivity contribution in [1.82, 2.24) is 15.0 Å². The number of hydrogen-bond donors (Lipinski definition) is 1. The number of fused-ring (bicyclic) bond motifs is 1. The van der Waals surface area contributed by atoms with Crippen LogP contribution >= 0.6 is 0 Å². The van der Waals surface area contributed by atoms with E-state index in [1.54, 1.807) is 62.9 Å². The van der Waals surface area contributed by atoms with E-state index in [-0.39, 0.29) is 5.75 Å². The number of ether oxygens (including phenoxy) is 3. The van der Waals surface area contributed by atoms with Crippen LogP contribution in [0.1, 0.15) is 27.2 Å². The minimum atomic E-state index is -1.45. The van der Waals surface area contributed by atoms with Crippen LogP contribution in [-0.2, 0) is 16.9 Å². The van der Waals surface area contributed by atoms with Gasteiger partial charge in [-0.25, -0.2) is 4.79 Å². The number of hydrogen-bond acceptors (Lipinski definition) is 7. The molecule has 9 heteroatoms. The van der Waals surface area contributed by atoms with Crippen molar-refractivity contribution >= 4 is 28.2 Å². The molecule has 0 bridgehead atoms. The summed E-state index contributed by atoms with van der Waals surface area (Å²) in [5.41, 5.74) is 4.10. The maximum absolute atomic E-state index is 13.0. The van der Waals surface area contributed by atoms with Gasteiger partial charge < -0.3 is 18.8 Å². The van der Waals surface area contributed by atoms with Gasteiger partial charge in [0.05, 0.1) is 36.5 Å². The zero-order chi connectivity index (χ0) is 23.5. The van der Waals surface area contributed by atoms with E-state index in [1.165, 1.54) is 0 Å². The van der Waals surface area contributed by atoms with Gasteiger partial charge in [-0.1, -0.05) is 0 Å². The van der Waals surface area contributed by atoms with E-state index in [4.69, 9.17) is 14.2 Å². The smallest absolute Gasteiger partial charge is 0.343 e. The highest BCUT2D eigenvalue weighted by molar-refractivity contribution is 7.90. The predicted octanol–water partition coefficient (Wildman–Crippen LogP) is 4.12. The van der Waals surface area contributed by atoms with Gasteiger partial charge in [-0.15, -0.1) is 0 Å². The monoisotopic (exact) mass is 465 g/mol. The van der Waals surface area contributed by atoms with Crippen LogP contribution in [0.15, 0.2) is 53.8 Å². The lowest BCUT2D eigenvalue weighted by Gasteiger charge is -2.13. The van der Waals surface area contributed by atoms with E-state index < -0.39 is 17.1 Å². The van der Waals surface area contributed by atoms with E-state index in [0.29, 0.717) is 38.9 Å². The van der Waals surface area contributed by atoms with Crippen LogP contribution in [-0.4, -0.2) is 39.7 Å². The molecule has 0 aliphatic heterocycles. The molecule has 1 N–H and O–H groups in total. The average molecular weight is 466 g/mol. The fraction of sp³-hybridized carbons (Fsp3) is 0.208. The molecule has 1 atom stereocenters. The van der Waals surface area contributed by atoms with Crippen molar-refractivity contribution in [3.05, 3.63) is 71.0 Å². The SMILES string of the molecule is COc1ccc(C(=O)Oc2ccc3[nH]c([S+]([O-])Cc4ncc(C)c(OC)c4C)nc3c2)cc1. The summed E-state index contributed by atoms with van der Waals surface area (Å²) in [6, 6.07) is 11.7. The Bertz CT molecular complexity index is 1300. The van der Waals surface area contributed by atoms with E-state index in [0.717, 1.165) is 16.9 Å². The minimum absolute atomic E-state index is 0.196. The van der Waals surface area contributed by atoms with Crippen LogP contribution in [0.25, 0.3) is 11.0 Å². The Morgan fingerprint density at radius 2 is 1.79 bits per heavy atom. The molecule has 2 aromatic carbocycles. The van der Waals surface area contributed by atoms with Crippen molar-refractivity contribution in [3.8, 4) is 17.2 Å². The van der Waals surface area contributed by atoms with E-state index in [1.807, 2.05) is 13.8 Å². The number of carbonyl (C=O) groups is 1. The van der Waals surface area contributed by atoms with Gasteiger partial charge in [0, 0.05) is 34.6 Å². The van der Waals surface area contributed by atoms with Crippen molar-refractivity contribution in [2.45, 2.75) is 24.8 Å². The second kappa shape index (κ2) is 9.51. The number of aryl methyl sites for hydroxylation is 1. The highest BCUT2D eigenvalue weighted by atomic mass is 32.2. The summed E-state index contributed by atoms with van der Waals surface area (Å²) < 4.78 is 29.0. The quantitative estimate of drug-likeness (QED) is 0.248. The number of carbonyl (C=O) groups excluding carboxylic acids is 1. The highest BCUT2D eigenvalue weighted by Gasteiger charge is 2.21. The van der Waals surface area contributed by atoms with Crippen molar-refractivity contribution < 1.29 is 23.6 Å². The number of nitrogens with zero attached hydrogens (tertiary/aromatic N) is 2. The molecule has 8 nitrogen and oxygen atoms in total. The zero-order valence-electron chi connectivity index (χ0n) is 18.7. The van der Waals surface area contributed by atoms with Gasteiger partial charge in [0.2, 0.25) is 0 Å². The number of rotatable bonds is 7. The van der Waals surface area contributed by atoms with Crippen LogP contribution in [0.4, 0.5) is 0 Å². The number of pyridine rings is 1. The van der Waals surface area contributed by atoms with Gasteiger partial charge in [0.15, 0.2) is 5.75 Å². The number of H-pyrrole nitrogens is 1. The normalized spacial score (nSPS) is 11.9. The van der Waals surface area contributed by atoms with Gasteiger partial charge in [-0.2, -0.15) is 4.98 Å². The molecule has 170 valence electrons. The lowest BCUT2D eigenvalue weighted by Crippen LogP contribution is -2.10. The highest BCUT2D eigenvalue weighted by Crippen LogP contribution is 2.27. The standard InChI is InChI=1S/C24H23N3O5S/c1-14-12-25-21(15(2)22(14)31-4)13-33(29)24-26-19-10-9-18(11-20(19)27-24)32-23(28)16-5-7-17(30-3)8-6-16/h5-12H,13H2,1-4H3,(H,26,27). The fourth-order valence-electron chi connectivity index (χ4n) is 3.44. The molecule has 0 aliphatic rings. The topological polar surface area (TPSA) is 109 Å². The molecule has 2 aromatic heterocycles. The summed E-state index contributed by atoms with van der Waals surface area (Å²) in [7, 11) is 3.16. The Morgan fingerprint density at radius 1 is 1.06 bits per heavy atom. The molecule has 0 fully saturated rings. The first-order valence-corrected chi connectivity index (χ1v) is 11.4. The minimum Gasteiger partial charge on any atom is -0.609 e. The van der Waals surface area contributed by atoms with Gasteiger partial charge in [0.1, 0.15) is 17.2 Å². The first-order chi connectivity index (χ1) is 15.9. The van der Waals surface area contributed by atoms with Gasteiger partial charge in [-0.3, -0.25) is 9.97 Å². The maximum Gasteiger partial charge on any atom is 0.343 e. The predicted molar refractivity (Wildman–Crippen MR) is 124 cm³/mol. The van der Waals surface area contributed by atoms with Crippen LogP contribution < -0.4 is 14.2 Å². The lowest BCUT2D eigenvalue weighted by molar-refractivity contribution is 0.0735. The third-order valence-electron chi connectivity index (χ3n) is 5.20. The van der Waals surface area contributed by atoms with Gasteiger partial charge in [0.25, 0.3) is 0 Å². The number of benzene rings is 2. The first-order valence-electron chi connectivity index (χ1n) is 10.1. The number of aromatic amines is 1. The van der Waals surface area contributed by atoms with Crippen molar-refractivity contribution in [3.63, 3.8) is 0 Å². The summed E-state index contributed by atoms with van der Waals surface area (Å²) in [4.78, 5) is 24.3. The summed E-state index contributed by atoms with van der Waals surface area (Å²) in [6.45, 7) is 3.81. The van der Waals surface area contributed by atoms with E-state index >= 15 is 0 Å². The third kappa shape index (κ3) is 4.79. The van der Waals surface area contributed by atoms with E-state index in [9.17, 15) is 9.35 Å². The number of methoxy groups -OCH3 is 2. The third-order valence-corrected chi connectivity index (χ3v) is 6.36. The lowest BCUT2D eigenvalue weighted by atomic mass is 10.1. The zero-order valence-corrected chi connectivity index (χ0v) is 19.5.